The van der Waals surface area contributed by atoms with Crippen LogP contribution in [0.4, 0.5) is 0 Å². The molecule has 0 atom stereocenters. The van der Waals surface area contributed by atoms with Crippen molar-refractivity contribution in [3.63, 3.8) is 0 Å². The summed E-state index contributed by atoms with van der Waals surface area (Å²) < 4.78 is 4.24. The zero-order chi connectivity index (χ0) is 17.2. The molecule has 3 heterocycles. The molecule has 0 unspecified atom stereocenters. The third kappa shape index (κ3) is 3.44. The number of amides is 1. The van der Waals surface area contributed by atoms with Gasteiger partial charge in [-0.1, -0.05) is 0 Å². The maximum absolute atomic E-state index is 12.0. The highest BCUT2D eigenvalue weighted by atomic mass is 16.2. The van der Waals surface area contributed by atoms with Gasteiger partial charge in [-0.2, -0.15) is 5.10 Å². The van der Waals surface area contributed by atoms with Gasteiger partial charge in [0.2, 0.25) is 5.91 Å². The van der Waals surface area contributed by atoms with Crippen molar-refractivity contribution in [1.82, 2.24) is 34.8 Å². The standard InChI is InChI=1S/C17H25N7O/c1-18-11-16(25)22-9-5-13(6-10-22)17-21-20-15(24(17)14-3-4-14)12-23-8-2-7-19-23/h2,7-8,13-14,18H,3-6,9-12H2,1H3. The Kier molecular flexibility index (Phi) is 4.52. The molecule has 0 spiro atoms. The van der Waals surface area contributed by atoms with Crippen molar-refractivity contribution in [3.8, 4) is 0 Å². The van der Waals surface area contributed by atoms with Crippen molar-refractivity contribution in [3.05, 3.63) is 30.1 Å². The second-order valence-electron chi connectivity index (χ2n) is 6.96. The maximum atomic E-state index is 12.0. The molecule has 1 saturated heterocycles. The van der Waals surface area contributed by atoms with Gasteiger partial charge in [0.15, 0.2) is 5.82 Å². The first-order chi connectivity index (χ1) is 12.3. The number of carbonyl (C=O) groups excluding carboxylic acids is 1. The number of hydrogen-bond donors (Lipinski definition) is 1. The fourth-order valence-corrected chi connectivity index (χ4v) is 3.64. The van der Waals surface area contributed by atoms with Gasteiger partial charge in [-0.05, 0) is 38.8 Å². The molecule has 2 aromatic rings. The molecule has 2 aliphatic rings. The summed E-state index contributed by atoms with van der Waals surface area (Å²) in [6, 6.07) is 2.47. The zero-order valence-electron chi connectivity index (χ0n) is 14.6. The van der Waals surface area contributed by atoms with Crippen LogP contribution in [0.25, 0.3) is 0 Å². The summed E-state index contributed by atoms with van der Waals surface area (Å²) in [5, 5.41) is 16.2. The second-order valence-corrected chi connectivity index (χ2v) is 6.96. The van der Waals surface area contributed by atoms with E-state index in [0.717, 1.165) is 37.6 Å². The van der Waals surface area contributed by atoms with Crippen molar-refractivity contribution in [2.75, 3.05) is 26.7 Å². The zero-order valence-corrected chi connectivity index (χ0v) is 14.6. The lowest BCUT2D eigenvalue weighted by atomic mass is 9.95. The fraction of sp³-hybridized carbons (Fsp3) is 0.647. The SMILES string of the molecule is CNCC(=O)N1CCC(c2nnc(Cn3cccn3)n2C2CC2)CC1. The number of likely N-dealkylation sites (tertiary alicyclic amines) is 1. The lowest BCUT2D eigenvalue weighted by molar-refractivity contribution is -0.131. The minimum absolute atomic E-state index is 0.184. The Morgan fingerprint density at radius 1 is 1.24 bits per heavy atom. The minimum atomic E-state index is 0.184. The molecule has 8 heteroatoms. The van der Waals surface area contributed by atoms with Crippen LogP contribution in [0.15, 0.2) is 18.5 Å². The topological polar surface area (TPSA) is 80.9 Å². The lowest BCUT2D eigenvalue weighted by Gasteiger charge is -2.31. The molecule has 0 radical (unpaired) electrons. The highest BCUT2D eigenvalue weighted by Crippen LogP contribution is 2.39. The van der Waals surface area contributed by atoms with Crippen LogP contribution in [-0.4, -0.2) is 62.0 Å². The number of nitrogens with zero attached hydrogens (tertiary/aromatic N) is 6. The predicted molar refractivity (Wildman–Crippen MR) is 92.1 cm³/mol. The van der Waals surface area contributed by atoms with E-state index >= 15 is 0 Å². The molecule has 1 N–H and O–H groups in total. The first-order valence-electron chi connectivity index (χ1n) is 9.09. The Bertz CT molecular complexity index is 711. The van der Waals surface area contributed by atoms with Gasteiger partial charge >= 0.3 is 0 Å². The Morgan fingerprint density at radius 3 is 2.68 bits per heavy atom. The van der Waals surface area contributed by atoms with Gasteiger partial charge < -0.3 is 14.8 Å². The maximum Gasteiger partial charge on any atom is 0.236 e. The van der Waals surface area contributed by atoms with Crippen LogP contribution >= 0.6 is 0 Å². The smallest absolute Gasteiger partial charge is 0.236 e. The van der Waals surface area contributed by atoms with Gasteiger partial charge in [-0.3, -0.25) is 9.48 Å². The van der Waals surface area contributed by atoms with E-state index in [1.807, 2.05) is 28.9 Å². The molecule has 25 heavy (non-hydrogen) atoms. The number of aromatic nitrogens is 5. The van der Waals surface area contributed by atoms with Gasteiger partial charge in [-0.25, -0.2) is 0 Å². The van der Waals surface area contributed by atoms with Crippen molar-refractivity contribution in [1.29, 1.82) is 0 Å². The van der Waals surface area contributed by atoms with E-state index in [9.17, 15) is 4.79 Å². The Hall–Kier alpha value is -2.22. The number of piperidine rings is 1. The number of rotatable bonds is 6. The first-order valence-corrected chi connectivity index (χ1v) is 9.09. The molecule has 2 aromatic heterocycles. The van der Waals surface area contributed by atoms with E-state index in [0.29, 0.717) is 25.0 Å². The van der Waals surface area contributed by atoms with Crippen LogP contribution in [-0.2, 0) is 11.3 Å². The molecular formula is C17H25N7O. The van der Waals surface area contributed by atoms with E-state index in [2.05, 4.69) is 25.2 Å². The molecule has 1 amide bonds. The van der Waals surface area contributed by atoms with Crippen molar-refractivity contribution in [2.45, 2.75) is 44.2 Å². The van der Waals surface area contributed by atoms with Crippen LogP contribution in [0.1, 0.15) is 49.3 Å². The number of likely N-dealkylation sites (N-methyl/N-ethyl adjacent to an activating group) is 1. The summed E-state index contributed by atoms with van der Waals surface area (Å²) >= 11 is 0. The van der Waals surface area contributed by atoms with E-state index < -0.39 is 0 Å². The lowest BCUT2D eigenvalue weighted by Crippen LogP contribution is -2.42. The molecule has 134 valence electrons. The molecule has 1 aliphatic carbocycles. The Labute approximate surface area is 147 Å². The van der Waals surface area contributed by atoms with Crippen molar-refractivity contribution < 1.29 is 4.79 Å². The third-order valence-electron chi connectivity index (χ3n) is 5.11. The van der Waals surface area contributed by atoms with Crippen LogP contribution in [0.2, 0.25) is 0 Å². The van der Waals surface area contributed by atoms with E-state index in [1.54, 1.807) is 6.20 Å². The quantitative estimate of drug-likeness (QED) is 0.838. The van der Waals surface area contributed by atoms with E-state index in [4.69, 9.17) is 0 Å². The number of carbonyl (C=O) groups is 1. The summed E-state index contributed by atoms with van der Waals surface area (Å²) in [7, 11) is 1.81. The Balaban J connectivity index is 1.48. The Morgan fingerprint density at radius 2 is 2.04 bits per heavy atom. The summed E-state index contributed by atoms with van der Waals surface area (Å²) in [5.74, 6) is 2.67. The monoisotopic (exact) mass is 343 g/mol. The molecule has 8 nitrogen and oxygen atoms in total. The summed E-state index contributed by atoms with van der Waals surface area (Å²) in [4.78, 5) is 14.0. The average molecular weight is 343 g/mol. The molecule has 2 fully saturated rings. The molecule has 4 rings (SSSR count). The largest absolute Gasteiger partial charge is 0.342 e. The molecule has 0 aromatic carbocycles. The van der Waals surface area contributed by atoms with Crippen molar-refractivity contribution >= 4 is 5.91 Å². The first kappa shape index (κ1) is 16.3. The van der Waals surface area contributed by atoms with Gasteiger partial charge in [0.05, 0.1) is 6.54 Å². The molecular weight excluding hydrogens is 318 g/mol. The van der Waals surface area contributed by atoms with Gasteiger partial charge in [-0.15, -0.1) is 10.2 Å². The van der Waals surface area contributed by atoms with E-state index in [1.165, 1.54) is 12.8 Å². The van der Waals surface area contributed by atoms with Crippen LogP contribution < -0.4 is 5.32 Å². The summed E-state index contributed by atoms with van der Waals surface area (Å²) in [5.41, 5.74) is 0. The van der Waals surface area contributed by atoms with Crippen molar-refractivity contribution in [2.24, 2.45) is 0 Å². The normalized spacial score (nSPS) is 18.7. The van der Waals surface area contributed by atoms with Gasteiger partial charge in [0, 0.05) is 37.4 Å². The van der Waals surface area contributed by atoms with Gasteiger partial charge in [0.1, 0.15) is 12.4 Å². The highest BCUT2D eigenvalue weighted by Gasteiger charge is 2.34. The minimum Gasteiger partial charge on any atom is -0.342 e. The molecule has 1 saturated carbocycles. The highest BCUT2D eigenvalue weighted by molar-refractivity contribution is 5.78. The van der Waals surface area contributed by atoms with Crippen LogP contribution in [0.5, 0.6) is 0 Å². The third-order valence-corrected chi connectivity index (χ3v) is 5.11. The fourth-order valence-electron chi connectivity index (χ4n) is 3.64. The predicted octanol–water partition coefficient (Wildman–Crippen LogP) is 0.783. The summed E-state index contributed by atoms with van der Waals surface area (Å²) in [6.45, 7) is 2.68. The average Bonchev–Trinajstić information content (AvgIpc) is 3.17. The number of nitrogens with one attached hydrogen (secondary N) is 1. The molecule has 1 aliphatic heterocycles. The second kappa shape index (κ2) is 6.95. The molecule has 0 bridgehead atoms. The van der Waals surface area contributed by atoms with Crippen LogP contribution in [0, 0.1) is 0 Å². The van der Waals surface area contributed by atoms with Gasteiger partial charge in [0.25, 0.3) is 0 Å². The van der Waals surface area contributed by atoms with Crippen LogP contribution in [0.3, 0.4) is 0 Å². The summed E-state index contributed by atoms with van der Waals surface area (Å²) in [6.07, 6.45) is 8.07. The number of hydrogen-bond acceptors (Lipinski definition) is 5. The van der Waals surface area contributed by atoms with E-state index in [-0.39, 0.29) is 5.91 Å².